The molecule has 114 valence electrons. The Bertz CT molecular complexity index is 519. The molecule has 0 fully saturated rings. The summed E-state index contributed by atoms with van der Waals surface area (Å²) < 4.78 is 0. The van der Waals surface area contributed by atoms with Crippen molar-refractivity contribution in [1.82, 2.24) is 10.6 Å². The highest BCUT2D eigenvalue weighted by atomic mass is 32.2. The van der Waals surface area contributed by atoms with E-state index in [2.05, 4.69) is 16.7 Å². The molecule has 0 saturated heterocycles. The molecule has 0 aliphatic heterocycles. The van der Waals surface area contributed by atoms with Gasteiger partial charge in [0.2, 0.25) is 11.8 Å². The van der Waals surface area contributed by atoms with Crippen molar-refractivity contribution in [2.24, 2.45) is 0 Å². The molecule has 0 atom stereocenters. The zero-order valence-electron chi connectivity index (χ0n) is 11.7. The van der Waals surface area contributed by atoms with Gasteiger partial charge < -0.3 is 15.7 Å². The molecule has 1 rings (SSSR count). The normalized spacial score (nSPS) is 9.95. The van der Waals surface area contributed by atoms with Gasteiger partial charge in [-0.05, 0) is 12.5 Å². The highest BCUT2D eigenvalue weighted by molar-refractivity contribution is 7.99. The predicted molar refractivity (Wildman–Crippen MR) is 81.0 cm³/mol. The molecule has 0 saturated carbocycles. The minimum atomic E-state index is -1.12. The van der Waals surface area contributed by atoms with E-state index in [1.807, 2.05) is 25.1 Å². The molecule has 1 aromatic rings. The van der Waals surface area contributed by atoms with Gasteiger partial charge >= 0.3 is 5.97 Å². The van der Waals surface area contributed by atoms with Gasteiger partial charge in [0.05, 0.1) is 12.3 Å². The maximum atomic E-state index is 11.5. The van der Waals surface area contributed by atoms with Crippen molar-refractivity contribution in [1.29, 1.82) is 0 Å². The van der Waals surface area contributed by atoms with Crippen LogP contribution in [0.15, 0.2) is 24.3 Å². The molecule has 3 N–H and O–H groups in total. The van der Waals surface area contributed by atoms with Gasteiger partial charge in [0.15, 0.2) is 0 Å². The number of aryl methyl sites for hydroxylation is 1. The van der Waals surface area contributed by atoms with E-state index in [9.17, 15) is 14.4 Å². The zero-order valence-corrected chi connectivity index (χ0v) is 12.5. The maximum absolute atomic E-state index is 11.5. The lowest BCUT2D eigenvalue weighted by Gasteiger charge is -2.06. The third-order valence-corrected chi connectivity index (χ3v) is 3.47. The molecule has 0 radical (unpaired) electrons. The van der Waals surface area contributed by atoms with E-state index < -0.39 is 18.4 Å². The summed E-state index contributed by atoms with van der Waals surface area (Å²) >= 11 is 1.46. The Balaban J connectivity index is 2.16. The van der Waals surface area contributed by atoms with Crippen LogP contribution < -0.4 is 10.6 Å². The largest absolute Gasteiger partial charge is 0.480 e. The van der Waals surface area contributed by atoms with Crippen molar-refractivity contribution in [2.75, 3.05) is 18.8 Å². The molecule has 0 aliphatic carbocycles. The Labute approximate surface area is 127 Å². The molecule has 0 heterocycles. The van der Waals surface area contributed by atoms with Crippen LogP contribution in [0, 0.1) is 6.92 Å². The molecule has 0 aromatic heterocycles. The number of hydrogen-bond donors (Lipinski definition) is 3. The summed E-state index contributed by atoms with van der Waals surface area (Å²) in [6.45, 7) is 1.35. The number of nitrogens with one attached hydrogen (secondary N) is 2. The standard InChI is InChI=1S/C14H18N2O4S/c1-10-3-2-4-11(5-10)8-21-9-13(18)15-6-12(17)16-7-14(19)20/h2-5H,6-9H2,1H3,(H,15,18)(H,16,17)(H,19,20). The van der Waals surface area contributed by atoms with Crippen molar-refractivity contribution in [3.05, 3.63) is 35.4 Å². The van der Waals surface area contributed by atoms with E-state index in [0.29, 0.717) is 0 Å². The van der Waals surface area contributed by atoms with Crippen LogP contribution in [-0.2, 0) is 20.1 Å². The third-order valence-electron chi connectivity index (χ3n) is 2.47. The monoisotopic (exact) mass is 310 g/mol. The van der Waals surface area contributed by atoms with Gasteiger partial charge in [-0.3, -0.25) is 14.4 Å². The van der Waals surface area contributed by atoms with Crippen LogP contribution in [0.1, 0.15) is 11.1 Å². The van der Waals surface area contributed by atoms with Gasteiger partial charge in [0.25, 0.3) is 0 Å². The van der Waals surface area contributed by atoms with Gasteiger partial charge in [-0.15, -0.1) is 11.8 Å². The fourth-order valence-corrected chi connectivity index (χ4v) is 2.33. The molecule has 1 aromatic carbocycles. The molecule has 2 amide bonds. The first-order chi connectivity index (χ1) is 9.97. The molecule has 7 heteroatoms. The van der Waals surface area contributed by atoms with E-state index in [1.54, 1.807) is 0 Å². The van der Waals surface area contributed by atoms with Gasteiger partial charge in [-0.2, -0.15) is 0 Å². The van der Waals surface area contributed by atoms with E-state index in [-0.39, 0.29) is 18.2 Å². The predicted octanol–water partition coefficient (Wildman–Crippen LogP) is 0.545. The summed E-state index contributed by atoms with van der Waals surface area (Å²) in [6.07, 6.45) is 0. The quantitative estimate of drug-likeness (QED) is 0.651. The molecule has 0 bridgehead atoms. The number of carbonyl (C=O) groups is 3. The second-order valence-electron chi connectivity index (χ2n) is 4.43. The van der Waals surface area contributed by atoms with Crippen molar-refractivity contribution >= 4 is 29.5 Å². The van der Waals surface area contributed by atoms with Gasteiger partial charge in [0, 0.05) is 5.75 Å². The third kappa shape index (κ3) is 7.98. The minimum Gasteiger partial charge on any atom is -0.480 e. The van der Waals surface area contributed by atoms with Gasteiger partial charge in [-0.1, -0.05) is 29.8 Å². The molecular weight excluding hydrogens is 292 g/mol. The summed E-state index contributed by atoms with van der Waals surface area (Å²) in [5.41, 5.74) is 2.32. The minimum absolute atomic E-state index is 0.211. The smallest absolute Gasteiger partial charge is 0.322 e. The lowest BCUT2D eigenvalue weighted by atomic mass is 10.2. The maximum Gasteiger partial charge on any atom is 0.322 e. The number of carboxylic acids is 1. The number of rotatable bonds is 8. The lowest BCUT2D eigenvalue weighted by Crippen LogP contribution is -2.39. The first-order valence-corrected chi connectivity index (χ1v) is 7.51. The number of carboxylic acid groups (broad SMARTS) is 1. The Morgan fingerprint density at radius 3 is 2.52 bits per heavy atom. The summed E-state index contributed by atoms with van der Waals surface area (Å²) in [6, 6.07) is 8.04. The van der Waals surface area contributed by atoms with Crippen LogP contribution in [0.5, 0.6) is 0 Å². The van der Waals surface area contributed by atoms with Crippen LogP contribution in [0.2, 0.25) is 0 Å². The zero-order chi connectivity index (χ0) is 15.7. The molecular formula is C14H18N2O4S. The lowest BCUT2D eigenvalue weighted by molar-refractivity contribution is -0.137. The Morgan fingerprint density at radius 1 is 1.14 bits per heavy atom. The summed E-state index contributed by atoms with van der Waals surface area (Å²) in [4.78, 5) is 32.9. The summed E-state index contributed by atoms with van der Waals surface area (Å²) in [5, 5.41) is 13.0. The highest BCUT2D eigenvalue weighted by Crippen LogP contribution is 2.12. The van der Waals surface area contributed by atoms with E-state index >= 15 is 0 Å². The first-order valence-electron chi connectivity index (χ1n) is 6.36. The van der Waals surface area contributed by atoms with Crippen LogP contribution in [0.25, 0.3) is 0 Å². The number of carbonyl (C=O) groups excluding carboxylic acids is 2. The molecule has 0 spiro atoms. The van der Waals surface area contributed by atoms with Crippen LogP contribution in [0.4, 0.5) is 0 Å². The number of benzene rings is 1. The van der Waals surface area contributed by atoms with Crippen LogP contribution >= 0.6 is 11.8 Å². The molecule has 6 nitrogen and oxygen atoms in total. The second-order valence-corrected chi connectivity index (χ2v) is 5.41. The van der Waals surface area contributed by atoms with E-state index in [0.717, 1.165) is 11.3 Å². The topological polar surface area (TPSA) is 95.5 Å². The van der Waals surface area contributed by atoms with Crippen molar-refractivity contribution < 1.29 is 19.5 Å². The summed E-state index contributed by atoms with van der Waals surface area (Å²) in [7, 11) is 0. The second kappa shape index (κ2) is 9.02. The number of amides is 2. The van der Waals surface area contributed by atoms with Crippen molar-refractivity contribution in [3.63, 3.8) is 0 Å². The summed E-state index contributed by atoms with van der Waals surface area (Å²) in [5.74, 6) is -0.920. The van der Waals surface area contributed by atoms with Crippen LogP contribution in [0.3, 0.4) is 0 Å². The van der Waals surface area contributed by atoms with E-state index in [4.69, 9.17) is 5.11 Å². The van der Waals surface area contributed by atoms with E-state index in [1.165, 1.54) is 17.3 Å². The van der Waals surface area contributed by atoms with Crippen molar-refractivity contribution in [3.8, 4) is 0 Å². The highest BCUT2D eigenvalue weighted by Gasteiger charge is 2.07. The average Bonchev–Trinajstić information content (AvgIpc) is 2.43. The first kappa shape index (κ1) is 17.0. The average molecular weight is 310 g/mol. The number of aliphatic carboxylic acids is 1. The van der Waals surface area contributed by atoms with Crippen LogP contribution in [-0.4, -0.2) is 41.7 Å². The molecule has 21 heavy (non-hydrogen) atoms. The number of hydrogen-bond acceptors (Lipinski definition) is 4. The SMILES string of the molecule is Cc1cccc(CSCC(=O)NCC(=O)NCC(=O)O)c1. The van der Waals surface area contributed by atoms with Gasteiger partial charge in [0.1, 0.15) is 6.54 Å². The van der Waals surface area contributed by atoms with Crippen molar-refractivity contribution in [2.45, 2.75) is 12.7 Å². The fraction of sp³-hybridized carbons (Fsp3) is 0.357. The Morgan fingerprint density at radius 2 is 1.86 bits per heavy atom. The van der Waals surface area contributed by atoms with Gasteiger partial charge in [-0.25, -0.2) is 0 Å². The molecule has 0 unspecified atom stereocenters. The molecule has 0 aliphatic rings. The Hall–Kier alpha value is -2.02. The fourth-order valence-electron chi connectivity index (χ4n) is 1.53. The Kier molecular flexibility index (Phi) is 7.31. The number of thioether (sulfide) groups is 1.